The maximum absolute atomic E-state index is 12.6. The zero-order chi connectivity index (χ0) is 20.2. The molecule has 1 saturated heterocycles. The van der Waals surface area contributed by atoms with Crippen molar-refractivity contribution in [1.82, 2.24) is 9.21 Å². The number of hydrogen-bond donors (Lipinski definition) is 1. The van der Waals surface area contributed by atoms with Crippen LogP contribution in [0.3, 0.4) is 0 Å². The second kappa shape index (κ2) is 8.26. The Hall–Kier alpha value is -2.14. The van der Waals surface area contributed by atoms with Crippen molar-refractivity contribution in [2.45, 2.75) is 25.6 Å². The van der Waals surface area contributed by atoms with Crippen molar-refractivity contribution in [2.75, 3.05) is 25.4 Å². The average Bonchev–Trinajstić information content (AvgIpc) is 2.89. The molecule has 0 atom stereocenters. The van der Waals surface area contributed by atoms with Crippen LogP contribution in [-0.4, -0.2) is 60.0 Å². The quantitative estimate of drug-likeness (QED) is 0.739. The number of carbonyl (C=O) groups excluding carboxylic acids is 1. The van der Waals surface area contributed by atoms with E-state index in [2.05, 4.69) is 0 Å². The molecule has 0 aliphatic carbocycles. The van der Waals surface area contributed by atoms with Crippen molar-refractivity contribution in [3.63, 3.8) is 0 Å². The highest BCUT2D eigenvalue weighted by atomic mass is 32.2. The molecule has 0 saturated carbocycles. The highest BCUT2D eigenvalue weighted by Gasteiger charge is 2.31. The van der Waals surface area contributed by atoms with Crippen LogP contribution in [0.5, 0.6) is 0 Å². The smallest absolute Gasteiger partial charge is 0.416 e. The summed E-state index contributed by atoms with van der Waals surface area (Å²) in [6.07, 6.45) is -4.22. The van der Waals surface area contributed by atoms with E-state index >= 15 is 0 Å². The predicted molar refractivity (Wildman–Crippen MR) is 89.1 cm³/mol. The number of alkyl halides is 3. The number of carboxylic acids is 1. The summed E-state index contributed by atoms with van der Waals surface area (Å²) in [6, 6.07) is 4.07. The summed E-state index contributed by atoms with van der Waals surface area (Å²) in [4.78, 5) is 24.3. The monoisotopic (exact) mass is 408 g/mol. The number of halogens is 3. The van der Waals surface area contributed by atoms with Gasteiger partial charge in [0.1, 0.15) is 6.54 Å². The minimum absolute atomic E-state index is 0.0194. The van der Waals surface area contributed by atoms with Gasteiger partial charge in [0.2, 0.25) is 15.9 Å². The van der Waals surface area contributed by atoms with Gasteiger partial charge in [0, 0.05) is 26.1 Å². The molecule has 1 aliphatic heterocycles. The normalized spacial score (nSPS) is 17.0. The highest BCUT2D eigenvalue weighted by molar-refractivity contribution is 7.89. The number of hydrogen-bond acceptors (Lipinski definition) is 4. The van der Waals surface area contributed by atoms with Crippen LogP contribution in [0, 0.1) is 0 Å². The fraction of sp³-hybridized carbons (Fsp3) is 0.500. The fourth-order valence-electron chi connectivity index (χ4n) is 2.74. The molecule has 1 N–H and O–H groups in total. The Bertz CT molecular complexity index is 793. The minimum atomic E-state index is -4.49. The number of sulfonamides is 1. The van der Waals surface area contributed by atoms with Crippen LogP contribution in [0.15, 0.2) is 24.3 Å². The summed E-state index contributed by atoms with van der Waals surface area (Å²) in [5, 5.41) is 8.98. The van der Waals surface area contributed by atoms with Crippen LogP contribution in [-0.2, 0) is 32.3 Å². The molecule has 1 amide bonds. The Labute approximate surface area is 154 Å². The van der Waals surface area contributed by atoms with Crippen LogP contribution in [0.1, 0.15) is 24.0 Å². The van der Waals surface area contributed by atoms with Gasteiger partial charge >= 0.3 is 12.1 Å². The third-order valence-electron chi connectivity index (χ3n) is 4.11. The first kappa shape index (κ1) is 21.2. The Balaban J connectivity index is 2.03. The van der Waals surface area contributed by atoms with Crippen molar-refractivity contribution in [3.8, 4) is 0 Å². The zero-order valence-electron chi connectivity index (χ0n) is 14.3. The van der Waals surface area contributed by atoms with Crippen LogP contribution >= 0.6 is 0 Å². The topological polar surface area (TPSA) is 95.0 Å². The highest BCUT2D eigenvalue weighted by Crippen LogP contribution is 2.29. The van der Waals surface area contributed by atoms with Crippen LogP contribution < -0.4 is 0 Å². The first-order valence-corrected chi connectivity index (χ1v) is 9.73. The molecule has 1 aromatic rings. The lowest BCUT2D eigenvalue weighted by molar-refractivity contribution is -0.145. The zero-order valence-corrected chi connectivity index (χ0v) is 15.1. The molecule has 2 rings (SSSR count). The van der Waals surface area contributed by atoms with Gasteiger partial charge in [-0.05, 0) is 24.1 Å². The molecule has 0 unspecified atom stereocenters. The molecular formula is C16H19F3N2O5S. The number of rotatable bonds is 7. The second-order valence-electron chi connectivity index (χ2n) is 6.16. The number of carboxylic acid groups (broad SMARTS) is 1. The van der Waals surface area contributed by atoms with Crippen molar-refractivity contribution in [3.05, 3.63) is 35.4 Å². The molecule has 1 aromatic carbocycles. The maximum atomic E-state index is 12.6. The Morgan fingerprint density at radius 3 is 2.30 bits per heavy atom. The summed E-state index contributed by atoms with van der Waals surface area (Å²) >= 11 is 0. The molecule has 0 spiro atoms. The van der Waals surface area contributed by atoms with Crippen molar-refractivity contribution >= 4 is 21.9 Å². The van der Waals surface area contributed by atoms with Crippen molar-refractivity contribution in [1.29, 1.82) is 0 Å². The summed E-state index contributed by atoms with van der Waals surface area (Å²) < 4.78 is 62.5. The molecule has 0 radical (unpaired) electrons. The van der Waals surface area contributed by atoms with Crippen molar-refractivity contribution < 1.29 is 36.3 Å². The molecule has 1 fully saturated rings. The molecule has 7 nitrogen and oxygen atoms in total. The molecule has 0 aromatic heterocycles. The van der Waals surface area contributed by atoms with Crippen LogP contribution in [0.4, 0.5) is 13.2 Å². The first-order chi connectivity index (χ1) is 12.5. The van der Waals surface area contributed by atoms with E-state index in [1.54, 1.807) is 0 Å². The fourth-order valence-corrected chi connectivity index (χ4v) is 4.26. The van der Waals surface area contributed by atoms with Gasteiger partial charge in [0.05, 0.1) is 11.3 Å². The van der Waals surface area contributed by atoms with E-state index < -0.39 is 40.2 Å². The van der Waals surface area contributed by atoms with Gasteiger partial charge < -0.3 is 10.0 Å². The summed E-state index contributed by atoms with van der Waals surface area (Å²) in [6.45, 7) is -0.555. The van der Waals surface area contributed by atoms with Crippen molar-refractivity contribution in [2.24, 2.45) is 0 Å². The van der Waals surface area contributed by atoms with Gasteiger partial charge in [-0.2, -0.15) is 13.2 Å². The predicted octanol–water partition coefficient (Wildman–Crippen LogP) is 1.54. The van der Waals surface area contributed by atoms with E-state index in [1.807, 2.05) is 0 Å². The number of carbonyl (C=O) groups is 2. The van der Waals surface area contributed by atoms with E-state index in [4.69, 9.17) is 5.11 Å². The lowest BCUT2D eigenvalue weighted by Crippen LogP contribution is -2.37. The van der Waals surface area contributed by atoms with E-state index in [0.717, 1.165) is 17.0 Å². The summed E-state index contributed by atoms with van der Waals surface area (Å²) in [7, 11) is -3.37. The summed E-state index contributed by atoms with van der Waals surface area (Å²) in [5.41, 5.74) is -0.506. The SMILES string of the molecule is O=C(O)CN(Cc1ccc(C(F)(F)F)cc1)C(=O)CCN1CCCS1(=O)=O. The molecule has 11 heteroatoms. The van der Waals surface area contributed by atoms with Gasteiger partial charge in [-0.3, -0.25) is 9.59 Å². The number of benzene rings is 1. The standard InChI is InChI=1S/C16H19F3N2O5S/c17-16(18,19)13-4-2-12(3-5-13)10-20(11-15(23)24)14(22)6-8-21-7-1-9-27(21,25)26/h2-5H,1,6-11H2,(H,23,24). The van der Waals surface area contributed by atoms with Gasteiger partial charge in [-0.25, -0.2) is 12.7 Å². The number of aliphatic carboxylic acids is 1. The van der Waals surface area contributed by atoms with Gasteiger partial charge in [0.25, 0.3) is 0 Å². The Morgan fingerprint density at radius 1 is 1.19 bits per heavy atom. The lowest BCUT2D eigenvalue weighted by Gasteiger charge is -2.22. The van der Waals surface area contributed by atoms with Crippen LogP contribution in [0.2, 0.25) is 0 Å². The Kier molecular flexibility index (Phi) is 6.47. The number of nitrogens with zero attached hydrogens (tertiary/aromatic N) is 2. The first-order valence-electron chi connectivity index (χ1n) is 8.12. The maximum Gasteiger partial charge on any atom is 0.416 e. The molecule has 1 aliphatic rings. The lowest BCUT2D eigenvalue weighted by atomic mass is 10.1. The third-order valence-corrected chi connectivity index (χ3v) is 6.07. The van der Waals surface area contributed by atoms with E-state index in [-0.39, 0.29) is 25.3 Å². The second-order valence-corrected chi connectivity index (χ2v) is 8.25. The summed E-state index contributed by atoms with van der Waals surface area (Å²) in [5.74, 6) is -1.84. The Morgan fingerprint density at radius 2 is 1.81 bits per heavy atom. The van der Waals surface area contributed by atoms with Gasteiger partial charge in [0.15, 0.2) is 0 Å². The van der Waals surface area contributed by atoms with Crippen LogP contribution in [0.25, 0.3) is 0 Å². The largest absolute Gasteiger partial charge is 0.480 e. The van der Waals surface area contributed by atoms with Gasteiger partial charge in [-0.15, -0.1) is 0 Å². The van der Waals surface area contributed by atoms with E-state index in [0.29, 0.717) is 18.5 Å². The average molecular weight is 408 g/mol. The van der Waals surface area contributed by atoms with E-state index in [1.165, 1.54) is 16.4 Å². The van der Waals surface area contributed by atoms with E-state index in [9.17, 15) is 31.2 Å². The third kappa shape index (κ3) is 5.93. The minimum Gasteiger partial charge on any atom is -0.480 e. The molecule has 0 bridgehead atoms. The number of amides is 1. The molecular weight excluding hydrogens is 389 g/mol. The van der Waals surface area contributed by atoms with Gasteiger partial charge in [-0.1, -0.05) is 12.1 Å². The molecule has 150 valence electrons. The molecule has 1 heterocycles. The molecule has 27 heavy (non-hydrogen) atoms.